The van der Waals surface area contributed by atoms with Crippen molar-refractivity contribution in [3.05, 3.63) is 58.5 Å². The Kier molecular flexibility index (Phi) is 5.53. The van der Waals surface area contributed by atoms with Crippen LogP contribution >= 0.6 is 34.4 Å². The highest BCUT2D eigenvalue weighted by Gasteiger charge is 2.23. The number of halogens is 1. The molecule has 5 aromatic rings. The number of benzene rings is 2. The highest BCUT2D eigenvalue weighted by Crippen LogP contribution is 2.36. The lowest BCUT2D eigenvalue weighted by atomic mass is 10.1. The first-order valence-electron chi connectivity index (χ1n) is 9.40. The molecule has 3 heterocycles. The molecular formula is C21H15FN4O3S3. The number of hydrogen-bond donors (Lipinski definition) is 1. The van der Waals surface area contributed by atoms with E-state index >= 15 is 0 Å². The summed E-state index contributed by atoms with van der Waals surface area (Å²) in [6.07, 6.45) is 0. The minimum absolute atomic E-state index is 0.206. The number of nitrogens with one attached hydrogen (secondary N) is 1. The predicted molar refractivity (Wildman–Crippen MR) is 125 cm³/mol. The zero-order chi connectivity index (χ0) is 22.2. The first-order valence-corrected chi connectivity index (χ1v) is 12.0. The van der Waals surface area contributed by atoms with Gasteiger partial charge in [-0.3, -0.25) is 10.1 Å². The first kappa shape index (κ1) is 20.9. The summed E-state index contributed by atoms with van der Waals surface area (Å²) < 4.78 is 26.3. The van der Waals surface area contributed by atoms with Gasteiger partial charge >= 0.3 is 0 Å². The van der Waals surface area contributed by atoms with Crippen LogP contribution in [0.5, 0.6) is 5.75 Å². The Hall–Kier alpha value is -3.02. The number of hydrogen-bond acceptors (Lipinski definition) is 9. The molecule has 0 aliphatic carbocycles. The molecule has 7 nitrogen and oxygen atoms in total. The number of ether oxygens (including phenoxy) is 1. The van der Waals surface area contributed by atoms with Crippen molar-refractivity contribution in [1.29, 1.82) is 0 Å². The van der Waals surface area contributed by atoms with Crippen LogP contribution in [0.15, 0.2) is 45.2 Å². The van der Waals surface area contributed by atoms with E-state index in [2.05, 4.69) is 20.5 Å². The summed E-state index contributed by atoms with van der Waals surface area (Å²) in [4.78, 5) is 17.5. The third-order valence-corrected chi connectivity index (χ3v) is 7.53. The van der Waals surface area contributed by atoms with Crippen LogP contribution in [0.2, 0.25) is 0 Å². The highest BCUT2D eigenvalue weighted by molar-refractivity contribution is 8.00. The predicted octanol–water partition coefficient (Wildman–Crippen LogP) is 5.89. The van der Waals surface area contributed by atoms with Gasteiger partial charge in [0.05, 0.1) is 11.8 Å². The zero-order valence-electron chi connectivity index (χ0n) is 16.8. The summed E-state index contributed by atoms with van der Waals surface area (Å²) in [5.74, 6) is 0.151. The fraction of sp³-hybridized carbons (Fsp3) is 0.143. The molecule has 0 fully saturated rings. The normalized spacial score (nSPS) is 11.3. The Morgan fingerprint density at radius 3 is 2.88 bits per heavy atom. The van der Waals surface area contributed by atoms with Crippen LogP contribution in [-0.4, -0.2) is 28.2 Å². The molecule has 0 spiro atoms. The number of para-hydroxylation sites is 1. The number of aromatic nitrogens is 3. The molecule has 11 heteroatoms. The summed E-state index contributed by atoms with van der Waals surface area (Å²) in [7, 11) is 1.45. The zero-order valence-corrected chi connectivity index (χ0v) is 19.3. The number of aryl methyl sites for hydroxylation is 1. The van der Waals surface area contributed by atoms with Crippen molar-refractivity contribution in [1.82, 2.24) is 15.2 Å². The molecule has 0 atom stereocenters. The van der Waals surface area contributed by atoms with Crippen molar-refractivity contribution >= 4 is 66.7 Å². The number of carbonyl (C=O) groups excluding carboxylic acids is 1. The molecule has 1 N–H and O–H groups in total. The molecule has 162 valence electrons. The van der Waals surface area contributed by atoms with Crippen LogP contribution in [0.1, 0.15) is 21.1 Å². The van der Waals surface area contributed by atoms with Gasteiger partial charge in [0.1, 0.15) is 27.7 Å². The molecular weight excluding hydrogens is 471 g/mol. The summed E-state index contributed by atoms with van der Waals surface area (Å²) in [5, 5.41) is 13.0. The Bertz CT molecular complexity index is 1460. The van der Waals surface area contributed by atoms with E-state index in [1.165, 1.54) is 42.3 Å². The van der Waals surface area contributed by atoms with Crippen LogP contribution in [0.25, 0.3) is 21.2 Å². The third kappa shape index (κ3) is 3.94. The molecule has 0 bridgehead atoms. The third-order valence-electron chi connectivity index (χ3n) is 4.62. The van der Waals surface area contributed by atoms with Gasteiger partial charge in [-0.1, -0.05) is 52.6 Å². The van der Waals surface area contributed by atoms with Crippen molar-refractivity contribution in [3.63, 3.8) is 0 Å². The van der Waals surface area contributed by atoms with Gasteiger partial charge in [-0.2, -0.15) is 0 Å². The van der Waals surface area contributed by atoms with Crippen molar-refractivity contribution in [2.75, 3.05) is 12.4 Å². The fourth-order valence-electron chi connectivity index (χ4n) is 3.23. The fourth-order valence-corrected chi connectivity index (χ4v) is 5.97. The molecule has 5 rings (SSSR count). The Morgan fingerprint density at radius 1 is 1.25 bits per heavy atom. The summed E-state index contributed by atoms with van der Waals surface area (Å²) in [5.41, 5.74) is 1.87. The lowest BCUT2D eigenvalue weighted by Crippen LogP contribution is -2.12. The second-order valence-electron chi connectivity index (χ2n) is 6.71. The van der Waals surface area contributed by atoms with Gasteiger partial charge in [-0.15, -0.1) is 10.2 Å². The van der Waals surface area contributed by atoms with Crippen LogP contribution in [0, 0.1) is 12.7 Å². The number of thiazole rings is 1. The number of furan rings is 1. The van der Waals surface area contributed by atoms with E-state index in [0.29, 0.717) is 32.4 Å². The van der Waals surface area contributed by atoms with E-state index in [4.69, 9.17) is 9.15 Å². The molecule has 0 unspecified atom stereocenters. The lowest BCUT2D eigenvalue weighted by Gasteiger charge is -2.02. The van der Waals surface area contributed by atoms with E-state index in [0.717, 1.165) is 31.6 Å². The SMILES string of the molecule is COc1cc(F)cc2sc(NC(=O)c3oc4ccccc4c3CSc3nnc(C)s3)nc12. The minimum atomic E-state index is -0.431. The van der Waals surface area contributed by atoms with Crippen molar-refractivity contribution < 1.29 is 18.3 Å². The molecule has 0 aliphatic rings. The maximum Gasteiger partial charge on any atom is 0.293 e. The van der Waals surface area contributed by atoms with Crippen LogP contribution in [-0.2, 0) is 5.75 Å². The van der Waals surface area contributed by atoms with Gasteiger partial charge in [-0.25, -0.2) is 9.37 Å². The van der Waals surface area contributed by atoms with Gasteiger partial charge in [0, 0.05) is 22.8 Å². The molecule has 0 aliphatic heterocycles. The Balaban J connectivity index is 1.47. The first-order chi connectivity index (χ1) is 15.5. The molecule has 2 aromatic carbocycles. The number of rotatable bonds is 6. The average molecular weight is 487 g/mol. The van der Waals surface area contributed by atoms with Crippen molar-refractivity contribution in [2.24, 2.45) is 0 Å². The summed E-state index contributed by atoms with van der Waals surface area (Å²) >= 11 is 4.16. The monoisotopic (exact) mass is 486 g/mol. The second kappa shape index (κ2) is 8.49. The minimum Gasteiger partial charge on any atom is -0.494 e. The number of amides is 1. The standard InChI is InChI=1S/C21H15FN4O3S3/c1-10-25-26-21(31-10)30-9-13-12-5-3-4-6-14(12)29-18(13)19(27)24-20-23-17-15(28-2)7-11(22)8-16(17)32-20/h3-8H,9H2,1-2H3,(H,23,24,27). The molecule has 32 heavy (non-hydrogen) atoms. The molecule has 1 amide bonds. The van der Waals surface area contributed by atoms with Crippen LogP contribution in [0.4, 0.5) is 9.52 Å². The van der Waals surface area contributed by atoms with Crippen LogP contribution < -0.4 is 10.1 Å². The lowest BCUT2D eigenvalue weighted by molar-refractivity contribution is 0.0998. The van der Waals surface area contributed by atoms with E-state index in [1.807, 2.05) is 31.2 Å². The number of carbonyl (C=O) groups is 1. The summed E-state index contributed by atoms with van der Waals surface area (Å²) in [6, 6.07) is 10.1. The van der Waals surface area contributed by atoms with E-state index in [9.17, 15) is 9.18 Å². The Labute approximate surface area is 193 Å². The molecule has 3 aromatic heterocycles. The summed E-state index contributed by atoms with van der Waals surface area (Å²) in [6.45, 7) is 1.90. The van der Waals surface area contributed by atoms with Crippen molar-refractivity contribution in [3.8, 4) is 5.75 Å². The van der Waals surface area contributed by atoms with Gasteiger partial charge < -0.3 is 9.15 Å². The van der Waals surface area contributed by atoms with Crippen LogP contribution in [0.3, 0.4) is 0 Å². The Morgan fingerprint density at radius 2 is 2.09 bits per heavy atom. The van der Waals surface area contributed by atoms with E-state index < -0.39 is 11.7 Å². The number of anilines is 1. The second-order valence-corrected chi connectivity index (χ2v) is 10.1. The number of nitrogens with zero attached hydrogens (tertiary/aromatic N) is 3. The number of fused-ring (bicyclic) bond motifs is 2. The highest BCUT2D eigenvalue weighted by atomic mass is 32.2. The smallest absolute Gasteiger partial charge is 0.293 e. The molecule has 0 saturated carbocycles. The molecule has 0 saturated heterocycles. The molecule has 0 radical (unpaired) electrons. The number of methoxy groups -OCH3 is 1. The number of thioether (sulfide) groups is 1. The maximum atomic E-state index is 13.8. The van der Waals surface area contributed by atoms with Gasteiger partial charge in [0.25, 0.3) is 5.91 Å². The van der Waals surface area contributed by atoms with Gasteiger partial charge in [-0.05, 0) is 19.1 Å². The quantitative estimate of drug-likeness (QED) is 0.299. The average Bonchev–Trinajstić information content (AvgIpc) is 3.47. The van der Waals surface area contributed by atoms with Gasteiger partial charge in [0.2, 0.25) is 0 Å². The van der Waals surface area contributed by atoms with Gasteiger partial charge in [0.15, 0.2) is 15.2 Å². The van der Waals surface area contributed by atoms with E-state index in [1.54, 1.807) is 0 Å². The maximum absolute atomic E-state index is 13.8. The van der Waals surface area contributed by atoms with E-state index in [-0.39, 0.29) is 5.76 Å². The largest absolute Gasteiger partial charge is 0.494 e. The van der Waals surface area contributed by atoms with Crippen molar-refractivity contribution in [2.45, 2.75) is 17.0 Å². The topological polar surface area (TPSA) is 90.1 Å².